The molecule has 0 unspecified atom stereocenters. The number of rotatable bonds is 3. The van der Waals surface area contributed by atoms with E-state index in [0.29, 0.717) is 12.2 Å². The van der Waals surface area contributed by atoms with Crippen molar-refractivity contribution in [1.82, 2.24) is 24.8 Å². The minimum absolute atomic E-state index is 0.168. The summed E-state index contributed by atoms with van der Waals surface area (Å²) in [6.07, 6.45) is -0.828. The zero-order valence-electron chi connectivity index (χ0n) is 9.48. The van der Waals surface area contributed by atoms with Crippen molar-refractivity contribution in [3.63, 3.8) is 0 Å². The maximum absolute atomic E-state index is 11.5. The van der Waals surface area contributed by atoms with E-state index in [2.05, 4.69) is 20.3 Å². The molecule has 0 bridgehead atoms. The van der Waals surface area contributed by atoms with Crippen LogP contribution in [0, 0.1) is 0 Å². The van der Waals surface area contributed by atoms with E-state index in [-0.39, 0.29) is 17.7 Å². The molecule has 4 N–H and O–H groups in total. The fourth-order valence-corrected chi connectivity index (χ4v) is 1.56. The maximum Gasteiger partial charge on any atom is 0.404 e. The summed E-state index contributed by atoms with van der Waals surface area (Å²) in [5.74, 6) is 0.436. The first-order valence-corrected chi connectivity index (χ1v) is 5.13. The lowest BCUT2D eigenvalue weighted by Gasteiger charge is -1.96. The molecule has 18 heavy (non-hydrogen) atoms. The molecular weight excluding hydrogens is 242 g/mol. The van der Waals surface area contributed by atoms with Gasteiger partial charge < -0.3 is 15.4 Å². The number of nitrogens with zero attached hydrogens (tertiary/aromatic N) is 2. The van der Waals surface area contributed by atoms with Crippen molar-refractivity contribution >= 4 is 17.3 Å². The standard InChI is InChI=1S/C9H11N5O4/c1-14-6-5(7(15)13-8(14)16)11-4(12-6)2-3-10-9(17)18/h10H,2-3H2,1H3,(H,11,12)(H,17,18)(H,13,15,16). The summed E-state index contributed by atoms with van der Waals surface area (Å²) in [6.45, 7) is 0.168. The van der Waals surface area contributed by atoms with Gasteiger partial charge in [-0.3, -0.25) is 14.3 Å². The predicted octanol–water partition coefficient (Wildman–Crippen LogP) is -1.24. The molecule has 1 amide bonds. The Morgan fingerprint density at radius 1 is 1.44 bits per heavy atom. The molecule has 0 fully saturated rings. The van der Waals surface area contributed by atoms with Crippen LogP contribution in [-0.2, 0) is 13.5 Å². The first-order valence-electron chi connectivity index (χ1n) is 5.13. The average Bonchev–Trinajstić information content (AvgIpc) is 2.70. The lowest BCUT2D eigenvalue weighted by Crippen LogP contribution is -2.28. The first-order chi connectivity index (χ1) is 8.49. The second-order valence-corrected chi connectivity index (χ2v) is 3.68. The Morgan fingerprint density at radius 2 is 2.17 bits per heavy atom. The van der Waals surface area contributed by atoms with Gasteiger partial charge in [0.2, 0.25) is 0 Å². The molecular formula is C9H11N5O4. The third-order valence-corrected chi connectivity index (χ3v) is 2.44. The van der Waals surface area contributed by atoms with Crippen LogP contribution in [0.5, 0.6) is 0 Å². The second kappa shape index (κ2) is 4.35. The summed E-state index contributed by atoms with van der Waals surface area (Å²) in [5, 5.41) is 10.6. The molecule has 0 saturated carbocycles. The number of hydrogen-bond acceptors (Lipinski definition) is 4. The Hall–Kier alpha value is -2.58. The van der Waals surface area contributed by atoms with Crippen molar-refractivity contribution in [3.8, 4) is 0 Å². The molecule has 0 spiro atoms. The molecule has 96 valence electrons. The van der Waals surface area contributed by atoms with Crippen molar-refractivity contribution in [2.24, 2.45) is 7.05 Å². The van der Waals surface area contributed by atoms with E-state index in [1.54, 1.807) is 0 Å². The minimum atomic E-state index is -1.13. The highest BCUT2D eigenvalue weighted by Crippen LogP contribution is 2.03. The maximum atomic E-state index is 11.5. The molecule has 0 aliphatic carbocycles. The molecule has 0 aromatic carbocycles. The third kappa shape index (κ3) is 2.10. The summed E-state index contributed by atoms with van der Waals surface area (Å²) in [4.78, 5) is 42.1. The Balaban J connectivity index is 2.36. The van der Waals surface area contributed by atoms with Gasteiger partial charge >= 0.3 is 11.8 Å². The number of aromatic amines is 2. The van der Waals surface area contributed by atoms with E-state index in [4.69, 9.17) is 5.11 Å². The second-order valence-electron chi connectivity index (χ2n) is 3.68. The molecule has 9 nitrogen and oxygen atoms in total. The Labute approximate surface area is 99.5 Å². The first kappa shape index (κ1) is 11.9. The van der Waals surface area contributed by atoms with Gasteiger partial charge in [-0.15, -0.1) is 0 Å². The van der Waals surface area contributed by atoms with Crippen molar-refractivity contribution in [1.29, 1.82) is 0 Å². The van der Waals surface area contributed by atoms with E-state index in [1.165, 1.54) is 11.6 Å². The highest BCUT2D eigenvalue weighted by Gasteiger charge is 2.10. The van der Waals surface area contributed by atoms with E-state index < -0.39 is 17.3 Å². The summed E-state index contributed by atoms with van der Waals surface area (Å²) in [7, 11) is 1.49. The van der Waals surface area contributed by atoms with E-state index in [0.717, 1.165) is 0 Å². The summed E-state index contributed by atoms with van der Waals surface area (Å²) in [5.41, 5.74) is -0.649. The zero-order chi connectivity index (χ0) is 13.3. The molecule has 2 rings (SSSR count). The normalized spacial score (nSPS) is 10.7. The number of nitrogens with one attached hydrogen (secondary N) is 3. The number of fused-ring (bicyclic) bond motifs is 1. The van der Waals surface area contributed by atoms with Crippen LogP contribution in [0.4, 0.5) is 4.79 Å². The number of imidazole rings is 1. The van der Waals surface area contributed by atoms with Gasteiger partial charge in [0.25, 0.3) is 5.56 Å². The summed E-state index contributed by atoms with van der Waals surface area (Å²) < 4.78 is 1.21. The topological polar surface area (TPSA) is 133 Å². The van der Waals surface area contributed by atoms with Gasteiger partial charge in [-0.1, -0.05) is 0 Å². The van der Waals surface area contributed by atoms with E-state index in [9.17, 15) is 14.4 Å². The van der Waals surface area contributed by atoms with E-state index >= 15 is 0 Å². The highest BCUT2D eigenvalue weighted by atomic mass is 16.4. The van der Waals surface area contributed by atoms with Crippen LogP contribution < -0.4 is 16.6 Å². The number of aromatic nitrogens is 4. The van der Waals surface area contributed by atoms with Crippen molar-refractivity contribution in [2.75, 3.05) is 6.54 Å². The largest absolute Gasteiger partial charge is 0.465 e. The smallest absolute Gasteiger partial charge is 0.404 e. The van der Waals surface area contributed by atoms with Crippen LogP contribution in [0.2, 0.25) is 0 Å². The van der Waals surface area contributed by atoms with Crippen molar-refractivity contribution in [2.45, 2.75) is 6.42 Å². The number of H-pyrrole nitrogens is 2. The van der Waals surface area contributed by atoms with Crippen molar-refractivity contribution < 1.29 is 9.90 Å². The number of hydrogen-bond donors (Lipinski definition) is 4. The average molecular weight is 253 g/mol. The SMILES string of the molecule is Cn1c(=O)[nH]c(=O)c2[nH]c(CCNC(=O)O)nc21. The van der Waals surface area contributed by atoms with Gasteiger partial charge in [0.1, 0.15) is 11.3 Å². The number of carboxylic acid groups (broad SMARTS) is 1. The van der Waals surface area contributed by atoms with Gasteiger partial charge in [-0.05, 0) is 0 Å². The Kier molecular flexibility index (Phi) is 2.88. The predicted molar refractivity (Wildman–Crippen MR) is 61.7 cm³/mol. The lowest BCUT2D eigenvalue weighted by atomic mass is 10.4. The number of carbonyl (C=O) groups is 1. The van der Waals surface area contributed by atoms with Crippen molar-refractivity contribution in [3.05, 3.63) is 26.7 Å². The monoisotopic (exact) mass is 253 g/mol. The molecule has 0 aliphatic rings. The number of aryl methyl sites for hydroxylation is 1. The van der Waals surface area contributed by atoms with Gasteiger partial charge in [-0.2, -0.15) is 0 Å². The van der Waals surface area contributed by atoms with Gasteiger partial charge in [0.05, 0.1) is 0 Å². The lowest BCUT2D eigenvalue weighted by molar-refractivity contribution is 0.194. The Morgan fingerprint density at radius 3 is 2.83 bits per heavy atom. The van der Waals surface area contributed by atoms with Crippen LogP contribution in [0.3, 0.4) is 0 Å². The van der Waals surface area contributed by atoms with Crippen LogP contribution in [-0.4, -0.2) is 37.3 Å². The molecule has 2 heterocycles. The minimum Gasteiger partial charge on any atom is -0.465 e. The van der Waals surface area contributed by atoms with Crippen LogP contribution in [0.1, 0.15) is 5.82 Å². The molecule has 9 heteroatoms. The van der Waals surface area contributed by atoms with E-state index in [1.807, 2.05) is 0 Å². The van der Waals surface area contributed by atoms with Gasteiger partial charge in [0, 0.05) is 20.0 Å². The molecule has 0 saturated heterocycles. The summed E-state index contributed by atoms with van der Waals surface area (Å²) >= 11 is 0. The van der Waals surface area contributed by atoms with Gasteiger partial charge in [-0.25, -0.2) is 14.6 Å². The highest BCUT2D eigenvalue weighted by molar-refractivity contribution is 5.69. The molecule has 2 aromatic heterocycles. The fraction of sp³-hybridized carbons (Fsp3) is 0.333. The Bertz CT molecular complexity index is 710. The summed E-state index contributed by atoms with van der Waals surface area (Å²) in [6, 6.07) is 0. The van der Waals surface area contributed by atoms with Crippen LogP contribution in [0.15, 0.2) is 9.59 Å². The van der Waals surface area contributed by atoms with Crippen LogP contribution >= 0.6 is 0 Å². The molecule has 0 atom stereocenters. The molecule has 0 aliphatic heterocycles. The fourth-order valence-electron chi connectivity index (χ4n) is 1.56. The molecule has 2 aromatic rings. The molecule has 0 radical (unpaired) electrons. The third-order valence-electron chi connectivity index (χ3n) is 2.44. The zero-order valence-corrected chi connectivity index (χ0v) is 9.48. The van der Waals surface area contributed by atoms with Crippen LogP contribution in [0.25, 0.3) is 11.2 Å². The quantitative estimate of drug-likeness (QED) is 0.543. The number of amides is 1. The van der Waals surface area contributed by atoms with Gasteiger partial charge in [0.15, 0.2) is 5.65 Å².